The highest BCUT2D eigenvalue weighted by Gasteiger charge is 2.28. The summed E-state index contributed by atoms with van der Waals surface area (Å²) < 4.78 is 10.5. The molecule has 0 aromatic heterocycles. The van der Waals surface area contributed by atoms with Crippen molar-refractivity contribution in [3.8, 4) is 11.5 Å². The van der Waals surface area contributed by atoms with Crippen LogP contribution in [-0.2, 0) is 4.79 Å². The van der Waals surface area contributed by atoms with Crippen LogP contribution in [-0.4, -0.2) is 24.5 Å². The van der Waals surface area contributed by atoms with Crippen molar-refractivity contribution >= 4 is 6.29 Å². The first-order chi connectivity index (χ1) is 9.15. The maximum absolute atomic E-state index is 11.1. The van der Waals surface area contributed by atoms with E-state index in [4.69, 9.17) is 9.47 Å². The maximum atomic E-state index is 11.1. The van der Waals surface area contributed by atoms with Gasteiger partial charge >= 0.3 is 0 Å². The molecule has 0 spiro atoms. The fourth-order valence-electron chi connectivity index (χ4n) is 2.27. The van der Waals surface area contributed by atoms with Gasteiger partial charge in [0.1, 0.15) is 6.29 Å². The van der Waals surface area contributed by atoms with Crippen molar-refractivity contribution < 1.29 is 19.2 Å². The Bertz CT molecular complexity index is 488. The van der Waals surface area contributed by atoms with Crippen LogP contribution >= 0.6 is 0 Å². The van der Waals surface area contributed by atoms with Gasteiger partial charge < -0.3 is 14.3 Å². The molecule has 0 saturated carbocycles. The number of benzene rings is 1. The van der Waals surface area contributed by atoms with Crippen molar-refractivity contribution in [2.75, 3.05) is 13.3 Å². The molecule has 0 amide bonds. The van der Waals surface area contributed by atoms with E-state index in [2.05, 4.69) is 0 Å². The number of ether oxygens (including phenoxy) is 2. The molecular weight excluding hydrogens is 250 g/mol. The Hall–Kier alpha value is -2.11. The van der Waals surface area contributed by atoms with Gasteiger partial charge in [-0.15, -0.1) is 0 Å². The molecule has 1 aromatic carbocycles. The molecule has 0 radical (unpaired) electrons. The molecular formula is C13H15NO5. The standard InChI is InChI=1S/C13H15NO5/c1-2-9(7-15)11(6-14(16)17)10-3-4-12-13(5-10)19-8-18-12/h3-5,7,9,11H,2,6,8H2,1H3/t9-,11-/m0/s1. The summed E-state index contributed by atoms with van der Waals surface area (Å²) in [4.78, 5) is 21.5. The number of fused-ring (bicyclic) bond motifs is 1. The second kappa shape index (κ2) is 5.69. The summed E-state index contributed by atoms with van der Waals surface area (Å²) >= 11 is 0. The van der Waals surface area contributed by atoms with E-state index in [-0.39, 0.29) is 24.2 Å². The summed E-state index contributed by atoms with van der Waals surface area (Å²) in [6.07, 6.45) is 1.36. The fraction of sp³-hybridized carbons (Fsp3) is 0.462. The zero-order valence-electron chi connectivity index (χ0n) is 10.6. The number of nitrogens with zero attached hydrogens (tertiary/aromatic N) is 1. The van der Waals surface area contributed by atoms with Crippen molar-refractivity contribution in [1.82, 2.24) is 0 Å². The lowest BCUT2D eigenvalue weighted by Crippen LogP contribution is -2.22. The molecule has 6 nitrogen and oxygen atoms in total. The summed E-state index contributed by atoms with van der Waals surface area (Å²) in [7, 11) is 0. The van der Waals surface area contributed by atoms with Gasteiger partial charge in [-0.25, -0.2) is 0 Å². The Balaban J connectivity index is 2.31. The lowest BCUT2D eigenvalue weighted by molar-refractivity contribution is -0.484. The molecule has 0 fully saturated rings. The van der Waals surface area contributed by atoms with Crippen LogP contribution in [0.2, 0.25) is 0 Å². The Morgan fingerprint density at radius 3 is 2.79 bits per heavy atom. The van der Waals surface area contributed by atoms with Gasteiger partial charge in [0.05, 0.1) is 5.92 Å². The van der Waals surface area contributed by atoms with Crippen molar-refractivity contribution in [3.63, 3.8) is 0 Å². The molecule has 6 heteroatoms. The van der Waals surface area contributed by atoms with E-state index in [0.29, 0.717) is 17.9 Å². The normalized spacial score (nSPS) is 15.8. The quantitative estimate of drug-likeness (QED) is 0.446. The molecule has 19 heavy (non-hydrogen) atoms. The van der Waals surface area contributed by atoms with Gasteiger partial charge in [-0.1, -0.05) is 13.0 Å². The van der Waals surface area contributed by atoms with Crippen LogP contribution < -0.4 is 9.47 Å². The highest BCUT2D eigenvalue weighted by Crippen LogP contribution is 2.36. The third kappa shape index (κ3) is 2.83. The molecule has 0 bridgehead atoms. The fourth-order valence-corrected chi connectivity index (χ4v) is 2.27. The predicted octanol–water partition coefficient (Wildman–Crippen LogP) is 2.00. The van der Waals surface area contributed by atoms with Gasteiger partial charge in [-0.05, 0) is 24.1 Å². The molecule has 0 saturated heterocycles. The van der Waals surface area contributed by atoms with E-state index in [1.165, 1.54) is 0 Å². The molecule has 2 atom stereocenters. The Morgan fingerprint density at radius 2 is 2.16 bits per heavy atom. The first-order valence-electron chi connectivity index (χ1n) is 6.12. The summed E-state index contributed by atoms with van der Waals surface area (Å²) in [5, 5.41) is 10.8. The highest BCUT2D eigenvalue weighted by molar-refractivity contribution is 5.57. The largest absolute Gasteiger partial charge is 0.454 e. The molecule has 1 aromatic rings. The second-order valence-corrected chi connectivity index (χ2v) is 4.44. The molecule has 0 unspecified atom stereocenters. The molecule has 102 valence electrons. The van der Waals surface area contributed by atoms with Crippen LogP contribution in [0.3, 0.4) is 0 Å². The minimum atomic E-state index is -0.438. The Kier molecular flexibility index (Phi) is 3.99. The van der Waals surface area contributed by atoms with Gasteiger partial charge in [-0.3, -0.25) is 10.1 Å². The topological polar surface area (TPSA) is 78.7 Å². The Morgan fingerprint density at radius 1 is 1.42 bits per heavy atom. The minimum Gasteiger partial charge on any atom is -0.454 e. The monoisotopic (exact) mass is 265 g/mol. The van der Waals surface area contributed by atoms with Crippen molar-refractivity contribution in [3.05, 3.63) is 33.9 Å². The third-order valence-electron chi connectivity index (χ3n) is 3.33. The zero-order chi connectivity index (χ0) is 13.8. The van der Waals surface area contributed by atoms with E-state index >= 15 is 0 Å². The minimum absolute atomic E-state index is 0.156. The Labute approximate surface area is 110 Å². The summed E-state index contributed by atoms with van der Waals surface area (Å²) in [6, 6.07) is 5.21. The van der Waals surface area contributed by atoms with Crippen molar-refractivity contribution in [2.45, 2.75) is 19.3 Å². The van der Waals surface area contributed by atoms with Crippen molar-refractivity contribution in [2.24, 2.45) is 5.92 Å². The number of hydrogen-bond donors (Lipinski definition) is 0. The first-order valence-corrected chi connectivity index (χ1v) is 6.12. The zero-order valence-corrected chi connectivity index (χ0v) is 10.6. The van der Waals surface area contributed by atoms with E-state index in [1.54, 1.807) is 18.2 Å². The molecule has 2 rings (SSSR count). The second-order valence-electron chi connectivity index (χ2n) is 4.44. The molecule has 1 aliphatic rings. The van der Waals surface area contributed by atoms with E-state index < -0.39 is 5.92 Å². The number of aldehydes is 1. The van der Waals surface area contributed by atoms with E-state index in [9.17, 15) is 14.9 Å². The van der Waals surface area contributed by atoms with E-state index in [0.717, 1.165) is 11.8 Å². The van der Waals surface area contributed by atoms with Crippen LogP contribution in [0.5, 0.6) is 11.5 Å². The number of carbonyl (C=O) groups is 1. The SMILES string of the molecule is CC[C@@H](C=O)[C@H](C[N+](=O)[O-])c1ccc2c(c1)OCO2. The van der Waals surface area contributed by atoms with Crippen LogP contribution in [0, 0.1) is 16.0 Å². The van der Waals surface area contributed by atoms with Crippen LogP contribution in [0.4, 0.5) is 0 Å². The lowest BCUT2D eigenvalue weighted by Gasteiger charge is -2.18. The van der Waals surface area contributed by atoms with Gasteiger partial charge in [-0.2, -0.15) is 0 Å². The summed E-state index contributed by atoms with van der Waals surface area (Å²) in [5.41, 5.74) is 0.736. The first kappa shape index (κ1) is 13.3. The third-order valence-corrected chi connectivity index (χ3v) is 3.33. The van der Waals surface area contributed by atoms with Gasteiger partial charge in [0, 0.05) is 10.8 Å². The van der Waals surface area contributed by atoms with Gasteiger partial charge in [0.25, 0.3) is 0 Å². The lowest BCUT2D eigenvalue weighted by atomic mass is 9.85. The van der Waals surface area contributed by atoms with Crippen LogP contribution in [0.25, 0.3) is 0 Å². The number of nitro groups is 1. The smallest absolute Gasteiger partial charge is 0.231 e. The van der Waals surface area contributed by atoms with E-state index in [1.807, 2.05) is 6.92 Å². The average molecular weight is 265 g/mol. The molecule has 1 heterocycles. The van der Waals surface area contributed by atoms with Crippen molar-refractivity contribution in [1.29, 1.82) is 0 Å². The molecule has 0 aliphatic carbocycles. The number of rotatable bonds is 6. The maximum Gasteiger partial charge on any atom is 0.231 e. The average Bonchev–Trinajstić information content (AvgIpc) is 2.85. The van der Waals surface area contributed by atoms with Gasteiger partial charge in [0.2, 0.25) is 13.3 Å². The summed E-state index contributed by atoms with van der Waals surface area (Å²) in [5.74, 6) is 0.395. The van der Waals surface area contributed by atoms with Crippen LogP contribution in [0.15, 0.2) is 18.2 Å². The number of hydrogen-bond acceptors (Lipinski definition) is 5. The highest BCUT2D eigenvalue weighted by atomic mass is 16.7. The number of carbonyl (C=O) groups excluding carboxylic acids is 1. The van der Waals surface area contributed by atoms with Crippen LogP contribution in [0.1, 0.15) is 24.8 Å². The molecule has 1 aliphatic heterocycles. The molecule has 0 N–H and O–H groups in total. The summed E-state index contributed by atoms with van der Waals surface area (Å²) in [6.45, 7) is 1.74. The predicted molar refractivity (Wildman–Crippen MR) is 67.0 cm³/mol. The van der Waals surface area contributed by atoms with Gasteiger partial charge in [0.15, 0.2) is 11.5 Å².